The quantitative estimate of drug-likeness (QED) is 0.717. The highest BCUT2D eigenvalue weighted by molar-refractivity contribution is 5.90. The average Bonchev–Trinajstić information content (AvgIpc) is 2.64. The third-order valence-electron chi connectivity index (χ3n) is 5.11. The SMILES string of the molecule is CC(C)CC(=O)Nc1ncc(-c2ccc(N)cc2)nc1CC1CCCCC1. The van der Waals surface area contributed by atoms with E-state index in [0.717, 1.165) is 29.1 Å². The lowest BCUT2D eigenvalue weighted by molar-refractivity contribution is -0.116. The van der Waals surface area contributed by atoms with Gasteiger partial charge in [-0.3, -0.25) is 4.79 Å². The zero-order valence-corrected chi connectivity index (χ0v) is 16.4. The Morgan fingerprint density at radius 2 is 1.89 bits per heavy atom. The molecular formula is C22H30N4O. The lowest BCUT2D eigenvalue weighted by atomic mass is 9.86. The molecule has 144 valence electrons. The number of aromatic nitrogens is 2. The number of hydrogen-bond acceptors (Lipinski definition) is 4. The van der Waals surface area contributed by atoms with Crippen LogP contribution < -0.4 is 11.1 Å². The Morgan fingerprint density at radius 1 is 1.19 bits per heavy atom. The summed E-state index contributed by atoms with van der Waals surface area (Å²) in [6, 6.07) is 7.66. The van der Waals surface area contributed by atoms with Gasteiger partial charge in [0, 0.05) is 17.7 Å². The molecule has 0 bridgehead atoms. The molecule has 0 atom stereocenters. The summed E-state index contributed by atoms with van der Waals surface area (Å²) in [5.74, 6) is 1.55. The second kappa shape index (κ2) is 8.98. The molecule has 3 rings (SSSR count). The van der Waals surface area contributed by atoms with Gasteiger partial charge in [0.15, 0.2) is 5.82 Å². The number of carbonyl (C=O) groups excluding carboxylic acids is 1. The zero-order chi connectivity index (χ0) is 19.2. The molecule has 1 amide bonds. The van der Waals surface area contributed by atoms with E-state index < -0.39 is 0 Å². The molecule has 3 N–H and O–H groups in total. The van der Waals surface area contributed by atoms with Crippen molar-refractivity contribution in [3.63, 3.8) is 0 Å². The summed E-state index contributed by atoms with van der Waals surface area (Å²) in [7, 11) is 0. The van der Waals surface area contributed by atoms with Crippen LogP contribution >= 0.6 is 0 Å². The van der Waals surface area contributed by atoms with Crippen LogP contribution in [0.3, 0.4) is 0 Å². The third-order valence-corrected chi connectivity index (χ3v) is 5.11. The number of nitrogens with zero attached hydrogens (tertiary/aromatic N) is 2. The molecule has 1 aliphatic rings. The second-order valence-corrected chi connectivity index (χ2v) is 8.03. The van der Waals surface area contributed by atoms with Gasteiger partial charge < -0.3 is 11.1 Å². The van der Waals surface area contributed by atoms with Gasteiger partial charge in [-0.1, -0.05) is 58.1 Å². The molecule has 2 aromatic rings. The molecule has 1 aliphatic carbocycles. The Balaban J connectivity index is 1.86. The molecule has 1 heterocycles. The maximum atomic E-state index is 12.3. The Kier molecular flexibility index (Phi) is 6.43. The smallest absolute Gasteiger partial charge is 0.225 e. The number of nitrogen functional groups attached to an aromatic ring is 1. The van der Waals surface area contributed by atoms with Crippen LogP contribution in [0.15, 0.2) is 30.5 Å². The zero-order valence-electron chi connectivity index (χ0n) is 16.4. The van der Waals surface area contributed by atoms with Gasteiger partial charge in [-0.05, 0) is 30.4 Å². The third kappa shape index (κ3) is 5.52. The summed E-state index contributed by atoms with van der Waals surface area (Å²) in [6.45, 7) is 4.08. The standard InChI is InChI=1S/C22H30N4O/c1-15(2)12-21(27)26-22-19(13-16-6-4-3-5-7-16)25-20(14-24-22)17-8-10-18(23)11-9-17/h8-11,14-16H,3-7,12-13,23H2,1-2H3,(H,24,26,27). The number of amides is 1. The molecule has 0 radical (unpaired) electrons. The number of benzene rings is 1. The Morgan fingerprint density at radius 3 is 2.56 bits per heavy atom. The molecule has 5 heteroatoms. The minimum Gasteiger partial charge on any atom is -0.399 e. The van der Waals surface area contributed by atoms with Crippen LogP contribution in [0.25, 0.3) is 11.3 Å². The fourth-order valence-corrected chi connectivity index (χ4v) is 3.69. The van der Waals surface area contributed by atoms with Crippen molar-refractivity contribution in [1.82, 2.24) is 9.97 Å². The van der Waals surface area contributed by atoms with Gasteiger partial charge in [-0.25, -0.2) is 9.97 Å². The van der Waals surface area contributed by atoms with Crippen LogP contribution in [-0.4, -0.2) is 15.9 Å². The maximum absolute atomic E-state index is 12.3. The number of hydrogen-bond donors (Lipinski definition) is 2. The summed E-state index contributed by atoms with van der Waals surface area (Å²) >= 11 is 0. The predicted octanol–water partition coefficient (Wildman–Crippen LogP) is 4.83. The van der Waals surface area contributed by atoms with Gasteiger partial charge in [0.2, 0.25) is 5.91 Å². The van der Waals surface area contributed by atoms with E-state index >= 15 is 0 Å². The van der Waals surface area contributed by atoms with Crippen molar-refractivity contribution >= 4 is 17.4 Å². The van der Waals surface area contributed by atoms with Gasteiger partial charge in [-0.15, -0.1) is 0 Å². The molecule has 0 spiro atoms. The highest BCUT2D eigenvalue weighted by atomic mass is 16.1. The van der Waals surface area contributed by atoms with Crippen LogP contribution in [-0.2, 0) is 11.2 Å². The Bertz CT molecular complexity index is 764. The molecule has 0 saturated heterocycles. The van der Waals surface area contributed by atoms with Crippen molar-refractivity contribution in [1.29, 1.82) is 0 Å². The fraction of sp³-hybridized carbons (Fsp3) is 0.500. The summed E-state index contributed by atoms with van der Waals surface area (Å²) in [6.07, 6.45) is 9.44. The maximum Gasteiger partial charge on any atom is 0.225 e. The van der Waals surface area contributed by atoms with Gasteiger partial charge in [0.05, 0.1) is 17.6 Å². The number of anilines is 2. The average molecular weight is 367 g/mol. The van der Waals surface area contributed by atoms with E-state index in [1.165, 1.54) is 32.1 Å². The number of rotatable bonds is 6. The van der Waals surface area contributed by atoms with E-state index in [4.69, 9.17) is 10.7 Å². The number of carbonyl (C=O) groups is 1. The molecule has 27 heavy (non-hydrogen) atoms. The molecule has 0 unspecified atom stereocenters. The van der Waals surface area contributed by atoms with E-state index in [2.05, 4.69) is 10.3 Å². The number of nitrogens with one attached hydrogen (secondary N) is 1. The molecular weight excluding hydrogens is 336 g/mol. The van der Waals surface area contributed by atoms with Gasteiger partial charge in [0.1, 0.15) is 0 Å². The van der Waals surface area contributed by atoms with E-state index in [1.807, 2.05) is 38.1 Å². The summed E-state index contributed by atoms with van der Waals surface area (Å²) in [5.41, 5.74) is 9.23. The Labute approximate surface area is 161 Å². The van der Waals surface area contributed by atoms with Crippen molar-refractivity contribution < 1.29 is 4.79 Å². The molecule has 1 aromatic carbocycles. The van der Waals surface area contributed by atoms with Crippen molar-refractivity contribution in [3.05, 3.63) is 36.2 Å². The van der Waals surface area contributed by atoms with Crippen LogP contribution in [0.1, 0.15) is 58.1 Å². The minimum atomic E-state index is 0.00410. The molecule has 0 aliphatic heterocycles. The first-order valence-corrected chi connectivity index (χ1v) is 10.0. The van der Waals surface area contributed by atoms with Crippen LogP contribution in [0, 0.1) is 11.8 Å². The molecule has 1 saturated carbocycles. The lowest BCUT2D eigenvalue weighted by Crippen LogP contribution is -2.19. The van der Waals surface area contributed by atoms with Gasteiger partial charge in [-0.2, -0.15) is 0 Å². The van der Waals surface area contributed by atoms with Crippen molar-refractivity contribution in [2.75, 3.05) is 11.1 Å². The Hall–Kier alpha value is -2.43. The van der Waals surface area contributed by atoms with Crippen molar-refractivity contribution in [2.45, 2.75) is 58.8 Å². The van der Waals surface area contributed by atoms with Crippen LogP contribution in [0.5, 0.6) is 0 Å². The van der Waals surface area contributed by atoms with E-state index in [1.54, 1.807) is 6.20 Å². The highest BCUT2D eigenvalue weighted by Crippen LogP contribution is 2.29. The van der Waals surface area contributed by atoms with Crippen molar-refractivity contribution in [2.24, 2.45) is 11.8 Å². The lowest BCUT2D eigenvalue weighted by Gasteiger charge is -2.22. The van der Waals surface area contributed by atoms with Crippen LogP contribution in [0.2, 0.25) is 0 Å². The monoisotopic (exact) mass is 366 g/mol. The molecule has 5 nitrogen and oxygen atoms in total. The van der Waals surface area contributed by atoms with E-state index in [9.17, 15) is 4.79 Å². The van der Waals surface area contributed by atoms with Crippen LogP contribution in [0.4, 0.5) is 11.5 Å². The molecule has 1 aromatic heterocycles. The highest BCUT2D eigenvalue weighted by Gasteiger charge is 2.19. The number of nitrogens with two attached hydrogens (primary N) is 1. The predicted molar refractivity (Wildman–Crippen MR) is 110 cm³/mol. The topological polar surface area (TPSA) is 80.9 Å². The van der Waals surface area contributed by atoms with Gasteiger partial charge >= 0.3 is 0 Å². The van der Waals surface area contributed by atoms with Crippen molar-refractivity contribution in [3.8, 4) is 11.3 Å². The summed E-state index contributed by atoms with van der Waals surface area (Å²) in [5, 5.41) is 2.99. The second-order valence-electron chi connectivity index (χ2n) is 8.03. The summed E-state index contributed by atoms with van der Waals surface area (Å²) < 4.78 is 0. The van der Waals surface area contributed by atoms with E-state index in [0.29, 0.717) is 24.1 Å². The summed E-state index contributed by atoms with van der Waals surface area (Å²) in [4.78, 5) is 21.7. The normalized spacial score (nSPS) is 15.1. The van der Waals surface area contributed by atoms with E-state index in [-0.39, 0.29) is 5.91 Å². The first-order valence-electron chi connectivity index (χ1n) is 10.0. The first-order chi connectivity index (χ1) is 13.0. The van der Waals surface area contributed by atoms with Gasteiger partial charge in [0.25, 0.3) is 0 Å². The fourth-order valence-electron chi connectivity index (χ4n) is 3.69. The first kappa shape index (κ1) is 19.3. The largest absolute Gasteiger partial charge is 0.399 e. The minimum absolute atomic E-state index is 0.00410. The molecule has 1 fully saturated rings.